The lowest BCUT2D eigenvalue weighted by Gasteiger charge is -2.34. The number of methoxy groups -OCH3 is 1. The van der Waals surface area contributed by atoms with Gasteiger partial charge in [-0.2, -0.15) is 0 Å². The highest BCUT2D eigenvalue weighted by atomic mass is 16.6. The number of esters is 1. The second-order valence-electron chi connectivity index (χ2n) is 6.42. The Labute approximate surface area is 147 Å². The number of hydrogen-bond acceptors (Lipinski definition) is 5. The zero-order chi connectivity index (χ0) is 17.8. The van der Waals surface area contributed by atoms with Crippen LogP contribution in [0.5, 0.6) is 0 Å². The van der Waals surface area contributed by atoms with Crippen LogP contribution in [0.2, 0.25) is 0 Å². The fourth-order valence-corrected chi connectivity index (χ4v) is 3.65. The number of aliphatic imine (C=N–C) groups is 1. The van der Waals surface area contributed by atoms with Gasteiger partial charge in [0.1, 0.15) is 12.5 Å². The third kappa shape index (κ3) is 3.56. The van der Waals surface area contributed by atoms with Crippen LogP contribution >= 0.6 is 0 Å². The molecule has 3 rings (SSSR count). The van der Waals surface area contributed by atoms with Gasteiger partial charge in [-0.15, -0.1) is 0 Å². The summed E-state index contributed by atoms with van der Waals surface area (Å²) in [7, 11) is 1.56. The number of rotatable bonds is 5. The third-order valence-corrected chi connectivity index (χ3v) is 4.78. The first kappa shape index (κ1) is 17.5. The van der Waals surface area contributed by atoms with Gasteiger partial charge in [0, 0.05) is 36.4 Å². The number of Topliss-reactive ketones (excluding diaryl/α,β-unsaturated/α-hetero) is 1. The Balaban J connectivity index is 2.01. The van der Waals surface area contributed by atoms with Gasteiger partial charge >= 0.3 is 5.97 Å². The van der Waals surface area contributed by atoms with Crippen LogP contribution in [0.15, 0.2) is 46.6 Å². The van der Waals surface area contributed by atoms with Crippen molar-refractivity contribution in [1.29, 1.82) is 0 Å². The average Bonchev–Trinajstić information content (AvgIpc) is 2.61. The Hall–Kier alpha value is -2.27. The van der Waals surface area contributed by atoms with Gasteiger partial charge in [-0.05, 0) is 25.3 Å². The third-order valence-electron chi connectivity index (χ3n) is 4.78. The fraction of sp³-hybridized carbons (Fsp3) is 0.450. The Morgan fingerprint density at radius 1 is 1.20 bits per heavy atom. The van der Waals surface area contributed by atoms with Crippen molar-refractivity contribution in [2.24, 2.45) is 10.9 Å². The maximum Gasteiger partial charge on any atom is 0.315 e. The summed E-state index contributed by atoms with van der Waals surface area (Å²) in [5, 5.41) is 0. The lowest BCUT2D eigenvalue weighted by atomic mass is 9.72. The molecule has 1 aromatic rings. The molecule has 0 amide bonds. The maximum absolute atomic E-state index is 12.8. The Kier molecular flexibility index (Phi) is 5.43. The number of benzene rings is 1. The topological polar surface area (TPSA) is 65.0 Å². The van der Waals surface area contributed by atoms with Crippen LogP contribution in [0.3, 0.4) is 0 Å². The molecule has 0 spiro atoms. The van der Waals surface area contributed by atoms with Crippen LogP contribution in [0.25, 0.3) is 0 Å². The number of ketones is 1. The lowest BCUT2D eigenvalue weighted by Crippen LogP contribution is -2.37. The van der Waals surface area contributed by atoms with E-state index in [0.717, 1.165) is 24.1 Å². The molecule has 1 unspecified atom stereocenters. The van der Waals surface area contributed by atoms with E-state index in [-0.39, 0.29) is 24.3 Å². The first-order valence-electron chi connectivity index (χ1n) is 8.65. The maximum atomic E-state index is 12.8. The highest BCUT2D eigenvalue weighted by Gasteiger charge is 2.42. The summed E-state index contributed by atoms with van der Waals surface area (Å²) in [6.45, 7) is 2.39. The summed E-state index contributed by atoms with van der Waals surface area (Å²) >= 11 is 0. The molecule has 5 nitrogen and oxygen atoms in total. The summed E-state index contributed by atoms with van der Waals surface area (Å²) in [4.78, 5) is 30.0. The molecule has 5 heteroatoms. The summed E-state index contributed by atoms with van der Waals surface area (Å²) in [5.74, 6) is -1.14. The summed E-state index contributed by atoms with van der Waals surface area (Å²) in [6, 6.07) is 9.71. The standard InChI is InChI=1S/C20H23NO4/c1-13-17(20(23)25-12-11-24-2)18(14-7-4-3-5-8-14)19-15(21-13)9-6-10-16(19)22/h3-5,7-8,17-18H,6,9-12H2,1-2H3/t17?,18-/m0/s1. The number of carbonyl (C=O) groups excluding carboxylic acids is 2. The van der Waals surface area contributed by atoms with E-state index in [4.69, 9.17) is 9.47 Å². The minimum absolute atomic E-state index is 0.0982. The van der Waals surface area contributed by atoms with Crippen molar-refractivity contribution in [3.8, 4) is 0 Å². The van der Waals surface area contributed by atoms with Crippen LogP contribution in [-0.4, -0.2) is 37.8 Å². The van der Waals surface area contributed by atoms with Gasteiger partial charge in [0.15, 0.2) is 5.78 Å². The molecule has 0 bridgehead atoms. The van der Waals surface area contributed by atoms with Crippen LogP contribution in [0.1, 0.15) is 37.7 Å². The summed E-state index contributed by atoms with van der Waals surface area (Å²) < 4.78 is 10.3. The van der Waals surface area contributed by atoms with Gasteiger partial charge in [0.2, 0.25) is 0 Å². The summed E-state index contributed by atoms with van der Waals surface area (Å²) in [6.07, 6.45) is 2.12. The molecule has 1 aliphatic heterocycles. The molecular formula is C20H23NO4. The highest BCUT2D eigenvalue weighted by Crippen LogP contribution is 2.43. The quantitative estimate of drug-likeness (QED) is 0.610. The Morgan fingerprint density at radius 2 is 1.96 bits per heavy atom. The molecule has 1 heterocycles. The van der Waals surface area contributed by atoms with E-state index in [1.54, 1.807) is 7.11 Å². The predicted molar refractivity (Wildman–Crippen MR) is 94.5 cm³/mol. The van der Waals surface area contributed by atoms with Crippen molar-refractivity contribution in [2.75, 3.05) is 20.3 Å². The zero-order valence-corrected chi connectivity index (χ0v) is 14.7. The molecule has 0 N–H and O–H groups in total. The van der Waals surface area contributed by atoms with Gasteiger partial charge in [0.25, 0.3) is 0 Å². The molecule has 0 radical (unpaired) electrons. The molecule has 1 aromatic carbocycles. The molecule has 132 valence electrons. The molecule has 2 aliphatic rings. The van der Waals surface area contributed by atoms with E-state index in [0.29, 0.717) is 24.3 Å². The normalized spacial score (nSPS) is 23.1. The molecule has 1 aliphatic carbocycles. The van der Waals surface area contributed by atoms with E-state index in [9.17, 15) is 9.59 Å². The van der Waals surface area contributed by atoms with Crippen molar-refractivity contribution in [2.45, 2.75) is 32.1 Å². The average molecular weight is 341 g/mol. The summed E-state index contributed by atoms with van der Waals surface area (Å²) in [5.41, 5.74) is 3.19. The minimum atomic E-state index is -0.569. The van der Waals surface area contributed by atoms with Gasteiger partial charge in [-0.3, -0.25) is 14.6 Å². The second kappa shape index (κ2) is 7.74. The second-order valence-corrected chi connectivity index (χ2v) is 6.42. The molecule has 25 heavy (non-hydrogen) atoms. The number of allylic oxidation sites excluding steroid dienone is 2. The Morgan fingerprint density at radius 3 is 2.68 bits per heavy atom. The monoisotopic (exact) mass is 341 g/mol. The van der Waals surface area contributed by atoms with Crippen LogP contribution in [0, 0.1) is 5.92 Å². The molecule has 0 saturated carbocycles. The first-order chi connectivity index (χ1) is 12.1. The molecule has 0 aromatic heterocycles. The van der Waals surface area contributed by atoms with Gasteiger partial charge in [0.05, 0.1) is 6.61 Å². The Bertz CT molecular complexity index is 720. The number of ether oxygens (including phenoxy) is 2. The number of hydrogen-bond donors (Lipinski definition) is 0. The largest absolute Gasteiger partial charge is 0.463 e. The van der Waals surface area contributed by atoms with Crippen molar-refractivity contribution in [1.82, 2.24) is 0 Å². The van der Waals surface area contributed by atoms with Gasteiger partial charge in [-0.1, -0.05) is 30.3 Å². The van der Waals surface area contributed by atoms with Crippen LogP contribution < -0.4 is 0 Å². The first-order valence-corrected chi connectivity index (χ1v) is 8.65. The molecule has 0 saturated heterocycles. The number of carbonyl (C=O) groups is 2. The fourth-order valence-electron chi connectivity index (χ4n) is 3.65. The van der Waals surface area contributed by atoms with E-state index in [1.165, 1.54) is 0 Å². The predicted octanol–water partition coefficient (Wildman–Crippen LogP) is 3.06. The van der Waals surface area contributed by atoms with Crippen molar-refractivity contribution < 1.29 is 19.1 Å². The van der Waals surface area contributed by atoms with Crippen molar-refractivity contribution in [3.05, 3.63) is 47.2 Å². The van der Waals surface area contributed by atoms with E-state index in [2.05, 4.69) is 4.99 Å². The SMILES string of the molecule is COCCOC(=O)C1C(C)=NC2=C(C(=O)CCC2)[C@H]1c1ccccc1. The minimum Gasteiger partial charge on any atom is -0.463 e. The van der Waals surface area contributed by atoms with Crippen LogP contribution in [0.4, 0.5) is 0 Å². The van der Waals surface area contributed by atoms with Crippen molar-refractivity contribution >= 4 is 17.5 Å². The highest BCUT2D eigenvalue weighted by molar-refractivity contribution is 6.08. The van der Waals surface area contributed by atoms with Gasteiger partial charge < -0.3 is 9.47 Å². The van der Waals surface area contributed by atoms with Crippen LogP contribution in [-0.2, 0) is 19.1 Å². The number of nitrogens with zero attached hydrogens (tertiary/aromatic N) is 1. The molecule has 0 fully saturated rings. The van der Waals surface area contributed by atoms with E-state index in [1.807, 2.05) is 37.3 Å². The zero-order valence-electron chi connectivity index (χ0n) is 14.7. The van der Waals surface area contributed by atoms with Gasteiger partial charge in [-0.25, -0.2) is 0 Å². The van der Waals surface area contributed by atoms with E-state index < -0.39 is 5.92 Å². The molecule has 2 atom stereocenters. The van der Waals surface area contributed by atoms with E-state index >= 15 is 0 Å². The van der Waals surface area contributed by atoms with Crippen molar-refractivity contribution in [3.63, 3.8) is 0 Å². The molecular weight excluding hydrogens is 318 g/mol. The lowest BCUT2D eigenvalue weighted by molar-refractivity contribution is -0.147. The smallest absolute Gasteiger partial charge is 0.315 e.